The van der Waals surface area contributed by atoms with Gasteiger partial charge in [0.2, 0.25) is 0 Å². The van der Waals surface area contributed by atoms with Gasteiger partial charge < -0.3 is 9.84 Å². The summed E-state index contributed by atoms with van der Waals surface area (Å²) < 4.78 is 4.83. The lowest BCUT2D eigenvalue weighted by atomic mass is 10.4. The Morgan fingerprint density at radius 2 is 2.00 bits per heavy atom. The first kappa shape index (κ1) is 12.8. The summed E-state index contributed by atoms with van der Waals surface area (Å²) >= 11 is 0. The molecule has 0 aliphatic rings. The largest absolute Gasteiger partial charge is 0.481 e. The fraction of sp³-hybridized carbons (Fsp3) is 0.625. The Morgan fingerprint density at radius 3 is 2.00 bits per heavy atom. The molecule has 0 aliphatic carbocycles. The Labute approximate surface area is 67.7 Å². The first-order valence-electron chi connectivity index (χ1n) is 3.59. The number of ether oxygens (including phenoxy) is 1. The van der Waals surface area contributed by atoms with Crippen LogP contribution >= 0.6 is 0 Å². The van der Waals surface area contributed by atoms with E-state index in [2.05, 4.69) is 6.58 Å². The average Bonchev–Trinajstić information content (AvgIpc) is 1.90. The Bertz CT molecular complexity index is 97.5. The van der Waals surface area contributed by atoms with Crippen LogP contribution in [0.5, 0.6) is 0 Å². The maximum absolute atomic E-state index is 9.53. The first-order chi connectivity index (χ1) is 5.18. The molecule has 11 heavy (non-hydrogen) atoms. The van der Waals surface area contributed by atoms with Crippen molar-refractivity contribution in [3.8, 4) is 0 Å². The predicted molar refractivity (Wildman–Crippen MR) is 44.6 cm³/mol. The molecule has 0 atom stereocenters. The quantitative estimate of drug-likeness (QED) is 0.636. The molecule has 0 spiro atoms. The molecule has 0 rings (SSSR count). The van der Waals surface area contributed by atoms with Crippen molar-refractivity contribution in [3.63, 3.8) is 0 Å². The van der Waals surface area contributed by atoms with E-state index in [0.717, 1.165) is 13.2 Å². The molecule has 0 aromatic carbocycles. The summed E-state index contributed by atoms with van der Waals surface area (Å²) in [5, 5.41) is 7.84. The smallest absolute Gasteiger partial charge is 0.307 e. The number of rotatable bonds is 4. The van der Waals surface area contributed by atoms with Gasteiger partial charge in [-0.05, 0) is 13.8 Å². The van der Waals surface area contributed by atoms with Crippen molar-refractivity contribution in [2.45, 2.75) is 20.3 Å². The summed E-state index contributed by atoms with van der Waals surface area (Å²) in [6, 6.07) is 0. The van der Waals surface area contributed by atoms with Crippen LogP contribution in [0.15, 0.2) is 12.7 Å². The van der Waals surface area contributed by atoms with Crippen LogP contribution in [0.4, 0.5) is 0 Å². The van der Waals surface area contributed by atoms with Gasteiger partial charge in [0.15, 0.2) is 0 Å². The molecule has 0 amide bonds. The molecule has 0 aromatic heterocycles. The Balaban J connectivity index is 0. The normalized spacial score (nSPS) is 7.82. The van der Waals surface area contributed by atoms with Gasteiger partial charge in [0.25, 0.3) is 0 Å². The van der Waals surface area contributed by atoms with Gasteiger partial charge in [-0.2, -0.15) is 0 Å². The molecule has 0 unspecified atom stereocenters. The van der Waals surface area contributed by atoms with Gasteiger partial charge in [0.1, 0.15) is 0 Å². The van der Waals surface area contributed by atoms with Gasteiger partial charge in [0.05, 0.1) is 6.42 Å². The van der Waals surface area contributed by atoms with E-state index in [1.165, 1.54) is 6.08 Å². The summed E-state index contributed by atoms with van der Waals surface area (Å²) in [7, 11) is 0. The van der Waals surface area contributed by atoms with Crippen LogP contribution in [0.3, 0.4) is 0 Å². The molecule has 0 fully saturated rings. The SMILES string of the molecule is C=CCC(=O)O.CCOCC. The second-order valence-electron chi connectivity index (χ2n) is 1.67. The molecule has 0 bridgehead atoms. The summed E-state index contributed by atoms with van der Waals surface area (Å²) in [5.74, 6) is -0.829. The van der Waals surface area contributed by atoms with Gasteiger partial charge >= 0.3 is 5.97 Å². The topological polar surface area (TPSA) is 46.5 Å². The number of aliphatic carboxylic acids is 1. The van der Waals surface area contributed by atoms with E-state index in [0.29, 0.717) is 0 Å². The van der Waals surface area contributed by atoms with Crippen LogP contribution in [0.1, 0.15) is 20.3 Å². The molecule has 3 nitrogen and oxygen atoms in total. The molecular weight excluding hydrogens is 144 g/mol. The second kappa shape index (κ2) is 11.9. The van der Waals surface area contributed by atoms with E-state index < -0.39 is 5.97 Å². The zero-order chi connectivity index (χ0) is 9.11. The van der Waals surface area contributed by atoms with Crippen molar-refractivity contribution in [3.05, 3.63) is 12.7 Å². The molecule has 3 heteroatoms. The summed E-state index contributed by atoms with van der Waals surface area (Å²) in [5.41, 5.74) is 0. The summed E-state index contributed by atoms with van der Waals surface area (Å²) in [6.07, 6.45) is 1.41. The predicted octanol–water partition coefficient (Wildman–Crippen LogP) is 1.69. The van der Waals surface area contributed by atoms with Gasteiger partial charge in [-0.1, -0.05) is 6.08 Å². The molecule has 0 aliphatic heterocycles. The third-order valence-electron chi connectivity index (χ3n) is 0.727. The molecule has 1 N–H and O–H groups in total. The number of carboxylic acid groups (broad SMARTS) is 1. The highest BCUT2D eigenvalue weighted by atomic mass is 16.5. The van der Waals surface area contributed by atoms with Crippen LogP contribution in [-0.4, -0.2) is 24.3 Å². The van der Waals surface area contributed by atoms with E-state index in [9.17, 15) is 4.79 Å². The van der Waals surface area contributed by atoms with E-state index in [1.54, 1.807) is 0 Å². The molecule has 0 saturated carbocycles. The maximum Gasteiger partial charge on any atom is 0.307 e. The van der Waals surface area contributed by atoms with Gasteiger partial charge in [-0.25, -0.2) is 0 Å². The first-order valence-corrected chi connectivity index (χ1v) is 3.59. The zero-order valence-corrected chi connectivity index (χ0v) is 7.17. The van der Waals surface area contributed by atoms with Crippen molar-refractivity contribution < 1.29 is 14.6 Å². The van der Waals surface area contributed by atoms with Gasteiger partial charge in [-0.3, -0.25) is 4.79 Å². The lowest BCUT2D eigenvalue weighted by molar-refractivity contribution is -0.135. The minimum absolute atomic E-state index is 0.0556. The van der Waals surface area contributed by atoms with Crippen molar-refractivity contribution >= 4 is 5.97 Å². The Hall–Kier alpha value is -0.830. The van der Waals surface area contributed by atoms with Crippen molar-refractivity contribution in [2.75, 3.05) is 13.2 Å². The van der Waals surface area contributed by atoms with E-state index >= 15 is 0 Å². The van der Waals surface area contributed by atoms with E-state index in [1.807, 2.05) is 13.8 Å². The molecular formula is C8H16O3. The number of hydrogen-bond donors (Lipinski definition) is 1. The fourth-order valence-corrected chi connectivity index (χ4v) is 0.328. The number of hydrogen-bond acceptors (Lipinski definition) is 2. The minimum Gasteiger partial charge on any atom is -0.481 e. The van der Waals surface area contributed by atoms with E-state index in [4.69, 9.17) is 9.84 Å². The van der Waals surface area contributed by atoms with Crippen LogP contribution in [0.25, 0.3) is 0 Å². The van der Waals surface area contributed by atoms with Crippen LogP contribution in [0.2, 0.25) is 0 Å². The Morgan fingerprint density at radius 1 is 1.55 bits per heavy atom. The highest BCUT2D eigenvalue weighted by molar-refractivity contribution is 5.68. The van der Waals surface area contributed by atoms with E-state index in [-0.39, 0.29) is 6.42 Å². The molecule has 0 radical (unpaired) electrons. The molecule has 0 aromatic rings. The third-order valence-corrected chi connectivity index (χ3v) is 0.727. The van der Waals surface area contributed by atoms with Gasteiger partial charge in [0, 0.05) is 13.2 Å². The highest BCUT2D eigenvalue weighted by Crippen LogP contribution is 1.74. The maximum atomic E-state index is 9.53. The second-order valence-corrected chi connectivity index (χ2v) is 1.67. The summed E-state index contributed by atoms with van der Waals surface area (Å²) in [6.45, 7) is 8.89. The molecule has 0 heterocycles. The lowest BCUT2D eigenvalue weighted by Gasteiger charge is -1.86. The Kier molecular flexibility index (Phi) is 13.9. The number of carboxylic acids is 1. The van der Waals surface area contributed by atoms with Crippen molar-refractivity contribution in [1.82, 2.24) is 0 Å². The zero-order valence-electron chi connectivity index (χ0n) is 7.17. The number of carbonyl (C=O) groups is 1. The fourth-order valence-electron chi connectivity index (χ4n) is 0.328. The average molecular weight is 160 g/mol. The van der Waals surface area contributed by atoms with Crippen LogP contribution in [-0.2, 0) is 9.53 Å². The highest BCUT2D eigenvalue weighted by Gasteiger charge is 1.84. The summed E-state index contributed by atoms with van der Waals surface area (Å²) in [4.78, 5) is 9.53. The van der Waals surface area contributed by atoms with Gasteiger partial charge in [-0.15, -0.1) is 6.58 Å². The van der Waals surface area contributed by atoms with Crippen molar-refractivity contribution in [1.29, 1.82) is 0 Å². The lowest BCUT2D eigenvalue weighted by Crippen LogP contribution is -1.88. The van der Waals surface area contributed by atoms with Crippen LogP contribution < -0.4 is 0 Å². The van der Waals surface area contributed by atoms with Crippen LogP contribution in [0, 0.1) is 0 Å². The van der Waals surface area contributed by atoms with Crippen molar-refractivity contribution in [2.24, 2.45) is 0 Å². The standard InChI is InChI=1S/C4H6O2.C4H10O/c1-2-3-4(5)6;1-3-5-4-2/h2H,1,3H2,(H,5,6);3-4H2,1-2H3. The molecule has 66 valence electrons. The minimum atomic E-state index is -0.829. The molecule has 0 saturated heterocycles. The monoisotopic (exact) mass is 160 g/mol. The third kappa shape index (κ3) is 27.1.